The molecule has 2 aromatic carbocycles. The Morgan fingerprint density at radius 2 is 1.45 bits per heavy atom. The second kappa shape index (κ2) is 8.69. The van der Waals surface area contributed by atoms with E-state index in [1.165, 1.54) is 5.56 Å². The first-order valence-corrected chi connectivity index (χ1v) is 9.53. The van der Waals surface area contributed by atoms with Gasteiger partial charge in [0.1, 0.15) is 0 Å². The monoisotopic (exact) mass is 387 g/mol. The molecule has 2 N–H and O–H groups in total. The quantitative estimate of drug-likeness (QED) is 0.674. The van der Waals surface area contributed by atoms with E-state index >= 15 is 0 Å². The molecule has 0 aliphatic heterocycles. The first-order chi connectivity index (χ1) is 13.8. The normalized spacial score (nSPS) is 11.0. The number of carbonyl (C=O) groups is 2. The lowest BCUT2D eigenvalue weighted by Gasteiger charge is -2.19. The largest absolute Gasteiger partial charge is 0.346 e. The molecule has 0 saturated carbocycles. The molecule has 0 bridgehead atoms. The third kappa shape index (κ3) is 5.51. The number of hydrogen-bond donors (Lipinski definition) is 2. The summed E-state index contributed by atoms with van der Waals surface area (Å²) in [6, 6.07) is 20.0. The van der Waals surface area contributed by atoms with Gasteiger partial charge in [0.25, 0.3) is 11.8 Å². The highest BCUT2D eigenvalue weighted by Crippen LogP contribution is 2.23. The van der Waals surface area contributed by atoms with Crippen LogP contribution in [-0.2, 0) is 12.0 Å². The van der Waals surface area contributed by atoms with Gasteiger partial charge in [0.05, 0.1) is 12.2 Å². The third-order valence-electron chi connectivity index (χ3n) is 4.57. The second-order valence-electron chi connectivity index (χ2n) is 7.86. The van der Waals surface area contributed by atoms with Crippen LogP contribution < -0.4 is 10.6 Å². The van der Waals surface area contributed by atoms with E-state index in [2.05, 4.69) is 36.4 Å². The van der Waals surface area contributed by atoms with Crippen LogP contribution in [0.1, 0.15) is 52.7 Å². The molecule has 29 heavy (non-hydrogen) atoms. The fraction of sp³-hybridized carbons (Fsp3) is 0.208. The molecule has 2 amide bonds. The average Bonchev–Trinajstić information content (AvgIpc) is 2.72. The Hall–Kier alpha value is -3.47. The molecular weight excluding hydrogens is 362 g/mol. The number of aromatic nitrogens is 1. The number of amides is 2. The van der Waals surface area contributed by atoms with Crippen molar-refractivity contribution in [1.82, 2.24) is 10.3 Å². The Morgan fingerprint density at radius 3 is 2.00 bits per heavy atom. The van der Waals surface area contributed by atoms with Crippen LogP contribution in [-0.4, -0.2) is 16.8 Å². The maximum absolute atomic E-state index is 12.5. The number of nitrogens with zero attached hydrogens (tertiary/aromatic N) is 1. The van der Waals surface area contributed by atoms with Crippen LogP contribution in [0.25, 0.3) is 0 Å². The molecule has 0 aliphatic rings. The highest BCUT2D eigenvalue weighted by Gasteiger charge is 2.14. The first-order valence-electron chi connectivity index (χ1n) is 9.53. The summed E-state index contributed by atoms with van der Waals surface area (Å²) in [4.78, 5) is 28.9. The number of rotatable bonds is 5. The van der Waals surface area contributed by atoms with E-state index < -0.39 is 0 Å². The number of pyridine rings is 1. The van der Waals surface area contributed by atoms with Crippen LogP contribution in [0.3, 0.4) is 0 Å². The molecule has 0 radical (unpaired) electrons. The topological polar surface area (TPSA) is 71.1 Å². The van der Waals surface area contributed by atoms with Gasteiger partial charge in [-0.2, -0.15) is 0 Å². The summed E-state index contributed by atoms with van der Waals surface area (Å²) >= 11 is 0. The van der Waals surface area contributed by atoms with Gasteiger partial charge < -0.3 is 10.6 Å². The Morgan fingerprint density at radius 1 is 0.828 bits per heavy atom. The molecule has 0 saturated heterocycles. The molecule has 3 aromatic rings. The summed E-state index contributed by atoms with van der Waals surface area (Å²) in [7, 11) is 0. The zero-order valence-corrected chi connectivity index (χ0v) is 16.9. The van der Waals surface area contributed by atoms with Gasteiger partial charge in [0.15, 0.2) is 0 Å². The zero-order valence-electron chi connectivity index (χ0n) is 16.9. The lowest BCUT2D eigenvalue weighted by molar-refractivity contribution is 0.0948. The number of hydrogen-bond acceptors (Lipinski definition) is 3. The van der Waals surface area contributed by atoms with Crippen molar-refractivity contribution in [3.63, 3.8) is 0 Å². The van der Waals surface area contributed by atoms with Crippen LogP contribution in [0.5, 0.6) is 0 Å². The van der Waals surface area contributed by atoms with Crippen LogP contribution in [0, 0.1) is 0 Å². The Kier molecular flexibility index (Phi) is 6.07. The molecular formula is C24H25N3O2. The van der Waals surface area contributed by atoms with Crippen molar-refractivity contribution < 1.29 is 9.59 Å². The van der Waals surface area contributed by atoms with Gasteiger partial charge in [-0.3, -0.25) is 14.6 Å². The summed E-state index contributed by atoms with van der Waals surface area (Å²) in [6.07, 6.45) is 1.69. The maximum Gasteiger partial charge on any atom is 0.255 e. The fourth-order valence-corrected chi connectivity index (χ4v) is 2.81. The smallest absolute Gasteiger partial charge is 0.255 e. The Labute approximate surface area is 171 Å². The summed E-state index contributed by atoms with van der Waals surface area (Å²) in [5.74, 6) is -0.422. The Bertz CT molecular complexity index is 973. The molecule has 0 atom stereocenters. The van der Waals surface area contributed by atoms with E-state index in [0.29, 0.717) is 17.7 Å². The molecule has 1 aromatic heterocycles. The van der Waals surface area contributed by atoms with E-state index in [1.807, 2.05) is 42.5 Å². The van der Waals surface area contributed by atoms with Crippen molar-refractivity contribution in [3.05, 3.63) is 95.3 Å². The molecule has 0 aliphatic carbocycles. The minimum absolute atomic E-state index is 0.0650. The molecule has 5 heteroatoms. The first kappa shape index (κ1) is 20.3. The van der Waals surface area contributed by atoms with E-state index in [9.17, 15) is 9.59 Å². The molecule has 0 spiro atoms. The number of benzene rings is 2. The highest BCUT2D eigenvalue weighted by molar-refractivity contribution is 6.05. The van der Waals surface area contributed by atoms with Crippen molar-refractivity contribution >= 4 is 17.5 Å². The predicted octanol–water partition coefficient (Wildman–Crippen LogP) is 4.56. The van der Waals surface area contributed by atoms with Gasteiger partial charge in [-0.15, -0.1) is 0 Å². The van der Waals surface area contributed by atoms with Crippen molar-refractivity contribution in [2.75, 3.05) is 5.32 Å². The van der Waals surface area contributed by atoms with Gasteiger partial charge in [0, 0.05) is 23.0 Å². The molecule has 5 nitrogen and oxygen atoms in total. The van der Waals surface area contributed by atoms with Gasteiger partial charge in [-0.05, 0) is 59.5 Å². The van der Waals surface area contributed by atoms with Gasteiger partial charge >= 0.3 is 0 Å². The van der Waals surface area contributed by atoms with Crippen molar-refractivity contribution in [1.29, 1.82) is 0 Å². The third-order valence-corrected chi connectivity index (χ3v) is 4.57. The molecule has 3 rings (SSSR count). The zero-order chi connectivity index (χ0) is 20.9. The van der Waals surface area contributed by atoms with Crippen LogP contribution in [0.2, 0.25) is 0 Å². The van der Waals surface area contributed by atoms with E-state index in [1.54, 1.807) is 30.5 Å². The number of carbonyl (C=O) groups excluding carboxylic acids is 2. The van der Waals surface area contributed by atoms with Crippen molar-refractivity contribution in [2.45, 2.75) is 32.7 Å². The standard InChI is InChI=1S/C24H25N3O2/c1-24(2,3)19-11-13-20(14-12-19)27-23(29)18-9-7-17(8-10-18)22(28)26-16-21-6-4-5-15-25-21/h4-15H,16H2,1-3H3,(H,26,28)(H,27,29). The van der Waals surface area contributed by atoms with Crippen LogP contribution in [0.4, 0.5) is 5.69 Å². The number of nitrogens with one attached hydrogen (secondary N) is 2. The van der Waals surface area contributed by atoms with Crippen LogP contribution in [0.15, 0.2) is 72.9 Å². The van der Waals surface area contributed by atoms with E-state index in [4.69, 9.17) is 0 Å². The number of anilines is 1. The fourth-order valence-electron chi connectivity index (χ4n) is 2.81. The minimum atomic E-state index is -0.214. The minimum Gasteiger partial charge on any atom is -0.346 e. The SMILES string of the molecule is CC(C)(C)c1ccc(NC(=O)c2ccc(C(=O)NCc3ccccn3)cc2)cc1. The molecule has 0 fully saturated rings. The molecule has 1 heterocycles. The highest BCUT2D eigenvalue weighted by atomic mass is 16.2. The summed E-state index contributed by atoms with van der Waals surface area (Å²) in [6.45, 7) is 6.80. The van der Waals surface area contributed by atoms with Crippen molar-refractivity contribution in [2.24, 2.45) is 0 Å². The van der Waals surface area contributed by atoms with Gasteiger partial charge in [-0.1, -0.05) is 39.0 Å². The van der Waals surface area contributed by atoms with E-state index in [-0.39, 0.29) is 17.2 Å². The summed E-state index contributed by atoms with van der Waals surface area (Å²) in [5, 5.41) is 5.70. The van der Waals surface area contributed by atoms with Gasteiger partial charge in [0.2, 0.25) is 0 Å². The summed E-state index contributed by atoms with van der Waals surface area (Å²) in [5.41, 5.74) is 3.78. The molecule has 148 valence electrons. The Balaban J connectivity index is 1.59. The van der Waals surface area contributed by atoms with Gasteiger partial charge in [-0.25, -0.2) is 0 Å². The average molecular weight is 387 g/mol. The maximum atomic E-state index is 12.5. The lowest BCUT2D eigenvalue weighted by Crippen LogP contribution is -2.23. The van der Waals surface area contributed by atoms with Crippen molar-refractivity contribution in [3.8, 4) is 0 Å². The molecule has 0 unspecified atom stereocenters. The second-order valence-corrected chi connectivity index (χ2v) is 7.86. The lowest BCUT2D eigenvalue weighted by atomic mass is 9.87. The van der Waals surface area contributed by atoms with E-state index in [0.717, 1.165) is 11.4 Å². The predicted molar refractivity (Wildman–Crippen MR) is 115 cm³/mol. The summed E-state index contributed by atoms with van der Waals surface area (Å²) < 4.78 is 0. The van der Waals surface area contributed by atoms with Crippen LogP contribution >= 0.6 is 0 Å².